The van der Waals surface area contributed by atoms with Crippen LogP contribution in [0.5, 0.6) is 0 Å². The van der Waals surface area contributed by atoms with Gasteiger partial charge in [-0.15, -0.1) is 0 Å². The third-order valence-corrected chi connectivity index (χ3v) is 3.40. The monoisotopic (exact) mass is 283 g/mol. The quantitative estimate of drug-likeness (QED) is 0.698. The van der Waals surface area contributed by atoms with Crippen LogP contribution >= 0.6 is 0 Å². The molecule has 0 saturated heterocycles. The molecular formula is C12H20F3NO3. The Labute approximate surface area is 110 Å². The van der Waals surface area contributed by atoms with Crippen LogP contribution in [-0.4, -0.2) is 43.6 Å². The van der Waals surface area contributed by atoms with Crippen molar-refractivity contribution in [1.82, 2.24) is 5.32 Å². The zero-order valence-electron chi connectivity index (χ0n) is 10.8. The van der Waals surface area contributed by atoms with Gasteiger partial charge in [-0.3, -0.25) is 4.79 Å². The van der Waals surface area contributed by atoms with Crippen molar-refractivity contribution in [3.05, 3.63) is 0 Å². The van der Waals surface area contributed by atoms with Crippen molar-refractivity contribution in [3.63, 3.8) is 0 Å². The lowest BCUT2D eigenvalue weighted by Crippen LogP contribution is -2.38. The number of carbonyl (C=O) groups is 1. The van der Waals surface area contributed by atoms with Crippen LogP contribution in [-0.2, 0) is 9.53 Å². The Morgan fingerprint density at radius 2 is 1.95 bits per heavy atom. The van der Waals surface area contributed by atoms with E-state index in [1.54, 1.807) is 0 Å². The second-order valence-electron chi connectivity index (χ2n) is 5.06. The zero-order chi connectivity index (χ0) is 14.4. The molecule has 2 N–H and O–H groups in total. The summed E-state index contributed by atoms with van der Waals surface area (Å²) >= 11 is 0. The third kappa shape index (κ3) is 6.24. The zero-order valence-corrected chi connectivity index (χ0v) is 10.8. The second kappa shape index (κ2) is 7.09. The topological polar surface area (TPSA) is 58.6 Å². The molecule has 0 bridgehead atoms. The molecule has 1 aliphatic rings. The highest BCUT2D eigenvalue weighted by Crippen LogP contribution is 2.36. The van der Waals surface area contributed by atoms with Crippen molar-refractivity contribution in [2.45, 2.75) is 38.3 Å². The molecule has 0 unspecified atom stereocenters. The molecule has 0 aromatic heterocycles. The minimum absolute atomic E-state index is 0.0256. The van der Waals surface area contributed by atoms with Crippen LogP contribution in [0.25, 0.3) is 0 Å². The number of amides is 1. The van der Waals surface area contributed by atoms with E-state index in [2.05, 4.69) is 10.1 Å². The average molecular weight is 283 g/mol. The first-order valence-electron chi connectivity index (χ1n) is 6.39. The number of aliphatic hydroxyl groups is 1. The van der Waals surface area contributed by atoms with Crippen LogP contribution in [0.2, 0.25) is 0 Å². The van der Waals surface area contributed by atoms with Gasteiger partial charge in [-0.2, -0.15) is 13.2 Å². The summed E-state index contributed by atoms with van der Waals surface area (Å²) in [4.78, 5) is 11.4. The fraction of sp³-hybridized carbons (Fsp3) is 0.917. The van der Waals surface area contributed by atoms with Gasteiger partial charge in [0.15, 0.2) is 0 Å². The first-order valence-corrected chi connectivity index (χ1v) is 6.39. The number of alkyl halides is 3. The molecule has 0 atom stereocenters. The minimum Gasteiger partial charge on any atom is -0.396 e. The largest absolute Gasteiger partial charge is 0.411 e. The minimum atomic E-state index is -4.36. The van der Waals surface area contributed by atoms with Gasteiger partial charge >= 0.3 is 6.18 Å². The van der Waals surface area contributed by atoms with Crippen molar-refractivity contribution in [1.29, 1.82) is 0 Å². The summed E-state index contributed by atoms with van der Waals surface area (Å²) < 4.78 is 39.7. The van der Waals surface area contributed by atoms with E-state index in [4.69, 9.17) is 0 Å². The Morgan fingerprint density at radius 1 is 1.32 bits per heavy atom. The van der Waals surface area contributed by atoms with Crippen molar-refractivity contribution in [3.8, 4) is 0 Å². The maximum Gasteiger partial charge on any atom is 0.411 e. The summed E-state index contributed by atoms with van der Waals surface area (Å²) in [5.41, 5.74) is -0.248. The van der Waals surface area contributed by atoms with Gasteiger partial charge in [0.05, 0.1) is 13.2 Å². The van der Waals surface area contributed by atoms with E-state index in [0.29, 0.717) is 6.54 Å². The van der Waals surface area contributed by atoms with Gasteiger partial charge in [0, 0.05) is 18.4 Å². The van der Waals surface area contributed by atoms with Crippen LogP contribution in [0.3, 0.4) is 0 Å². The fourth-order valence-corrected chi connectivity index (χ4v) is 2.24. The Hall–Kier alpha value is -0.820. The lowest BCUT2D eigenvalue weighted by atomic mass is 9.87. The lowest BCUT2D eigenvalue weighted by molar-refractivity contribution is -0.174. The van der Waals surface area contributed by atoms with Crippen LogP contribution in [0, 0.1) is 5.41 Å². The summed E-state index contributed by atoms with van der Waals surface area (Å²) in [7, 11) is 0. The van der Waals surface area contributed by atoms with Gasteiger partial charge < -0.3 is 15.2 Å². The fourth-order valence-electron chi connectivity index (χ4n) is 2.24. The molecule has 0 aliphatic heterocycles. The van der Waals surface area contributed by atoms with E-state index in [1.807, 2.05) is 0 Å². The molecule has 0 aromatic carbocycles. The van der Waals surface area contributed by atoms with E-state index >= 15 is 0 Å². The molecule has 4 nitrogen and oxygen atoms in total. The van der Waals surface area contributed by atoms with Crippen molar-refractivity contribution < 1.29 is 27.8 Å². The summed E-state index contributed by atoms with van der Waals surface area (Å²) in [6.45, 7) is -1.18. The van der Waals surface area contributed by atoms with E-state index in [0.717, 1.165) is 25.7 Å². The predicted octanol–water partition coefficient (Wildman–Crippen LogP) is 1.62. The number of hydrogen-bond acceptors (Lipinski definition) is 3. The normalized spacial score (nSPS) is 18.5. The van der Waals surface area contributed by atoms with Crippen molar-refractivity contribution >= 4 is 5.91 Å². The van der Waals surface area contributed by atoms with Gasteiger partial charge in [-0.25, -0.2) is 0 Å². The molecule has 1 saturated carbocycles. The molecule has 1 fully saturated rings. The van der Waals surface area contributed by atoms with E-state index < -0.39 is 12.8 Å². The Balaban J connectivity index is 2.14. The molecule has 0 heterocycles. The molecule has 7 heteroatoms. The second-order valence-corrected chi connectivity index (χ2v) is 5.06. The van der Waals surface area contributed by atoms with Gasteiger partial charge in [-0.05, 0) is 12.8 Å². The summed E-state index contributed by atoms with van der Waals surface area (Å²) in [5.74, 6) is -0.345. The first kappa shape index (κ1) is 16.2. The number of aliphatic hydroxyl groups excluding tert-OH is 1. The molecular weight excluding hydrogens is 263 g/mol. The number of rotatable bonds is 7. The molecule has 0 radical (unpaired) electrons. The van der Waals surface area contributed by atoms with Gasteiger partial charge in [0.1, 0.15) is 6.61 Å². The van der Waals surface area contributed by atoms with Gasteiger partial charge in [0.2, 0.25) is 5.91 Å². The summed E-state index contributed by atoms with van der Waals surface area (Å²) in [6.07, 6.45) is -0.655. The molecule has 0 spiro atoms. The van der Waals surface area contributed by atoms with Crippen LogP contribution in [0.15, 0.2) is 0 Å². The Bertz CT molecular complexity index is 288. The van der Waals surface area contributed by atoms with Gasteiger partial charge in [-0.1, -0.05) is 12.8 Å². The highest BCUT2D eigenvalue weighted by Gasteiger charge is 2.33. The maximum absolute atomic E-state index is 11.8. The highest BCUT2D eigenvalue weighted by molar-refractivity contribution is 5.76. The van der Waals surface area contributed by atoms with Crippen LogP contribution in [0.1, 0.15) is 32.1 Å². The Kier molecular flexibility index (Phi) is 6.06. The number of ether oxygens (including phenoxy) is 1. The lowest BCUT2D eigenvalue weighted by Gasteiger charge is -2.26. The molecule has 1 amide bonds. The molecule has 112 valence electrons. The number of nitrogens with one attached hydrogen (secondary N) is 1. The van der Waals surface area contributed by atoms with Crippen LogP contribution in [0.4, 0.5) is 13.2 Å². The highest BCUT2D eigenvalue weighted by atomic mass is 19.4. The predicted molar refractivity (Wildman–Crippen MR) is 62.5 cm³/mol. The van der Waals surface area contributed by atoms with Crippen molar-refractivity contribution in [2.75, 3.05) is 26.4 Å². The van der Waals surface area contributed by atoms with E-state index in [-0.39, 0.29) is 31.0 Å². The summed E-state index contributed by atoms with van der Waals surface area (Å²) in [5, 5.41) is 12.0. The van der Waals surface area contributed by atoms with Crippen molar-refractivity contribution in [2.24, 2.45) is 5.41 Å². The maximum atomic E-state index is 11.8. The smallest absolute Gasteiger partial charge is 0.396 e. The average Bonchev–Trinajstić information content (AvgIpc) is 2.80. The number of carbonyl (C=O) groups excluding carboxylic acids is 1. The molecule has 0 aromatic rings. The summed E-state index contributed by atoms with van der Waals surface area (Å²) in [6, 6.07) is 0. The van der Waals surface area contributed by atoms with Gasteiger partial charge in [0.25, 0.3) is 0 Å². The third-order valence-electron chi connectivity index (χ3n) is 3.40. The molecule has 1 aliphatic carbocycles. The van der Waals surface area contributed by atoms with E-state index in [9.17, 15) is 23.1 Å². The first-order chi connectivity index (χ1) is 8.87. The SMILES string of the molecule is O=C(CCOCC(F)(F)F)NCC1(CO)CCCC1. The standard InChI is InChI=1S/C12H20F3NO3/c13-12(14,15)9-19-6-3-10(18)16-7-11(8-17)4-1-2-5-11/h17H,1-9H2,(H,16,18). The van der Waals surface area contributed by atoms with E-state index in [1.165, 1.54) is 0 Å². The molecule has 19 heavy (non-hydrogen) atoms. The Morgan fingerprint density at radius 3 is 2.47 bits per heavy atom. The van der Waals surface area contributed by atoms with Crippen LogP contribution < -0.4 is 5.32 Å². The number of hydrogen-bond donors (Lipinski definition) is 2. The molecule has 1 rings (SSSR count). The number of halogens is 3.